The second-order valence-electron chi connectivity index (χ2n) is 7.63. The number of carbonyl (C=O) groups is 3. The number of hydrogen-bond donors (Lipinski definition) is 0. The molecule has 0 saturated carbocycles. The van der Waals surface area contributed by atoms with E-state index in [2.05, 4.69) is 0 Å². The van der Waals surface area contributed by atoms with Gasteiger partial charge in [0.05, 0.1) is 13.2 Å². The quantitative estimate of drug-likeness (QED) is 0.325. The van der Waals surface area contributed by atoms with E-state index in [0.29, 0.717) is 13.2 Å². The van der Waals surface area contributed by atoms with E-state index in [9.17, 15) is 14.4 Å². The molecule has 0 aromatic heterocycles. The minimum Gasteiger partial charge on any atom is -0.463 e. The third kappa shape index (κ3) is 7.80. The molecule has 0 amide bonds. The van der Waals surface area contributed by atoms with E-state index in [1.807, 2.05) is 13.8 Å². The van der Waals surface area contributed by atoms with Crippen LogP contribution in [0.25, 0.3) is 0 Å². The Balaban J connectivity index is 2.16. The van der Waals surface area contributed by atoms with E-state index < -0.39 is 47.3 Å². The SMILES string of the molecule is CC(=O)OC[C@H]1O[C@H](SP2(=S)OCC(C)(C)CO2)C[C@@H](OC(C)=O)[C@H]1OC(C)=O. The minimum absolute atomic E-state index is 0.130. The number of hydrogen-bond acceptors (Lipinski definition) is 11. The predicted octanol–water partition coefficient (Wildman–Crippen LogP) is 2.56. The highest BCUT2D eigenvalue weighted by Crippen LogP contribution is 2.66. The molecule has 0 aromatic carbocycles. The highest BCUT2D eigenvalue weighted by atomic mass is 32.9. The summed E-state index contributed by atoms with van der Waals surface area (Å²) in [6.45, 7) is 8.56. The summed E-state index contributed by atoms with van der Waals surface area (Å²) in [5.41, 5.74) is -3.35. The zero-order valence-corrected chi connectivity index (χ0v) is 19.6. The Labute approximate surface area is 179 Å². The summed E-state index contributed by atoms with van der Waals surface area (Å²) >= 11 is 6.80. The Bertz CT molecular complexity index is 670. The van der Waals surface area contributed by atoms with Gasteiger partial charge in [0.15, 0.2) is 6.10 Å². The topological polar surface area (TPSA) is 107 Å². The summed E-state index contributed by atoms with van der Waals surface area (Å²) in [4.78, 5) is 34.4. The van der Waals surface area contributed by atoms with Crippen molar-refractivity contribution in [3.8, 4) is 0 Å². The van der Waals surface area contributed by atoms with Crippen molar-refractivity contribution < 1.29 is 42.4 Å². The number of esters is 3. The van der Waals surface area contributed by atoms with Gasteiger partial charge in [-0.1, -0.05) is 13.8 Å². The normalized spacial score (nSPS) is 30.8. The van der Waals surface area contributed by atoms with Crippen molar-refractivity contribution in [3.63, 3.8) is 0 Å². The van der Waals surface area contributed by atoms with Gasteiger partial charge in [-0.25, -0.2) is 0 Å². The molecule has 0 aromatic rings. The maximum atomic E-state index is 11.6. The molecule has 0 bridgehead atoms. The predicted molar refractivity (Wildman–Crippen MR) is 109 cm³/mol. The van der Waals surface area contributed by atoms with Crippen LogP contribution in [0.15, 0.2) is 0 Å². The van der Waals surface area contributed by atoms with Gasteiger partial charge in [0.25, 0.3) is 0 Å². The lowest BCUT2D eigenvalue weighted by Gasteiger charge is -2.42. The van der Waals surface area contributed by atoms with Crippen molar-refractivity contribution in [3.05, 3.63) is 0 Å². The van der Waals surface area contributed by atoms with Gasteiger partial charge in [0.1, 0.15) is 24.3 Å². The second-order valence-corrected chi connectivity index (χ2v) is 14.0. The Morgan fingerprint density at radius 1 is 1.07 bits per heavy atom. The van der Waals surface area contributed by atoms with Gasteiger partial charge in [0.2, 0.25) is 5.69 Å². The molecule has 2 aliphatic rings. The van der Waals surface area contributed by atoms with Crippen molar-refractivity contribution >= 4 is 46.8 Å². The highest BCUT2D eigenvalue weighted by molar-refractivity contribution is 8.68. The van der Waals surface area contributed by atoms with Crippen LogP contribution in [0.1, 0.15) is 41.0 Å². The van der Waals surface area contributed by atoms with Crippen LogP contribution in [0.2, 0.25) is 0 Å². The van der Waals surface area contributed by atoms with Gasteiger partial charge in [-0.3, -0.25) is 14.4 Å². The molecule has 0 aliphatic carbocycles. The summed E-state index contributed by atoms with van der Waals surface area (Å²) in [6.07, 6.45) is -2.32. The molecular weight excluding hydrogens is 443 g/mol. The molecular formula is C17H27O9PS2. The Morgan fingerprint density at radius 3 is 2.17 bits per heavy atom. The van der Waals surface area contributed by atoms with Crippen LogP contribution in [0.5, 0.6) is 0 Å². The summed E-state index contributed by atoms with van der Waals surface area (Å²) < 4.78 is 33.4. The van der Waals surface area contributed by atoms with Crippen LogP contribution < -0.4 is 0 Å². The van der Waals surface area contributed by atoms with E-state index in [1.165, 1.54) is 32.2 Å². The molecule has 0 spiro atoms. The second kappa shape index (κ2) is 10.1. The molecule has 166 valence electrons. The van der Waals surface area contributed by atoms with Crippen LogP contribution in [0.3, 0.4) is 0 Å². The molecule has 9 nitrogen and oxygen atoms in total. The summed E-state index contributed by atoms with van der Waals surface area (Å²) in [6, 6.07) is 0. The lowest BCUT2D eigenvalue weighted by molar-refractivity contribution is -0.204. The summed E-state index contributed by atoms with van der Waals surface area (Å²) in [5.74, 6) is -1.61. The van der Waals surface area contributed by atoms with Gasteiger partial charge >= 0.3 is 17.9 Å². The Hall–Kier alpha value is -0.710. The molecule has 29 heavy (non-hydrogen) atoms. The van der Waals surface area contributed by atoms with Crippen LogP contribution in [-0.2, 0) is 54.2 Å². The van der Waals surface area contributed by atoms with Crippen LogP contribution in [0, 0.1) is 5.41 Å². The Kier molecular flexibility index (Phi) is 8.52. The fourth-order valence-corrected chi connectivity index (χ4v) is 7.86. The molecule has 0 unspecified atom stereocenters. The van der Waals surface area contributed by atoms with Crippen LogP contribution in [0.4, 0.5) is 0 Å². The van der Waals surface area contributed by atoms with Crippen molar-refractivity contribution in [2.75, 3.05) is 19.8 Å². The first-order valence-corrected chi connectivity index (χ1v) is 13.2. The highest BCUT2D eigenvalue weighted by Gasteiger charge is 2.46. The molecule has 2 heterocycles. The minimum atomic E-state index is -2.67. The monoisotopic (exact) mass is 470 g/mol. The lowest BCUT2D eigenvalue weighted by Crippen LogP contribution is -2.53. The maximum absolute atomic E-state index is 11.6. The van der Waals surface area contributed by atoms with Gasteiger partial charge < -0.3 is 28.0 Å². The third-order valence-electron chi connectivity index (χ3n) is 4.03. The smallest absolute Gasteiger partial charge is 0.303 e. The van der Waals surface area contributed by atoms with Crippen molar-refractivity contribution in [2.45, 2.75) is 64.8 Å². The van der Waals surface area contributed by atoms with Gasteiger partial charge in [-0.2, -0.15) is 0 Å². The first kappa shape index (κ1) is 24.6. The molecule has 0 N–H and O–H groups in total. The van der Waals surface area contributed by atoms with Crippen LogP contribution in [-0.4, -0.2) is 61.5 Å². The van der Waals surface area contributed by atoms with Gasteiger partial charge in [-0.15, -0.1) is 0 Å². The van der Waals surface area contributed by atoms with Crippen LogP contribution >= 0.6 is 17.1 Å². The third-order valence-corrected chi connectivity index (χ3v) is 9.23. The van der Waals surface area contributed by atoms with Crippen molar-refractivity contribution in [1.82, 2.24) is 0 Å². The summed E-state index contributed by atoms with van der Waals surface area (Å²) in [5, 5.41) is 0. The van der Waals surface area contributed by atoms with Crippen molar-refractivity contribution in [2.24, 2.45) is 5.41 Å². The molecule has 2 aliphatic heterocycles. The van der Waals surface area contributed by atoms with E-state index >= 15 is 0 Å². The lowest BCUT2D eigenvalue weighted by atomic mass is 9.97. The molecule has 2 rings (SSSR count). The molecule has 2 saturated heterocycles. The maximum Gasteiger partial charge on any atom is 0.303 e. The molecule has 12 heteroatoms. The fourth-order valence-electron chi connectivity index (χ4n) is 2.76. The number of rotatable bonds is 6. The van der Waals surface area contributed by atoms with Crippen molar-refractivity contribution in [1.29, 1.82) is 0 Å². The van der Waals surface area contributed by atoms with E-state index in [0.717, 1.165) is 0 Å². The fraction of sp³-hybridized carbons (Fsp3) is 0.824. The summed E-state index contributed by atoms with van der Waals surface area (Å²) in [7, 11) is 0. The average molecular weight is 471 g/mol. The molecule has 2 fully saturated rings. The first-order valence-electron chi connectivity index (χ1n) is 9.10. The largest absolute Gasteiger partial charge is 0.463 e. The standard InChI is InChI=1S/C17H27O9PS2/c1-10(18)21-7-14-16(25-12(3)20)13(24-11(2)19)6-15(26-14)29-27(28)22-8-17(4,5)9-23-27/h13-16H,6-9H2,1-5H3/t13-,14-,15-,16-/m1/s1. The number of carbonyl (C=O) groups excluding carboxylic acids is 3. The molecule has 0 radical (unpaired) electrons. The average Bonchev–Trinajstić information content (AvgIpc) is 2.58. The molecule has 4 atom stereocenters. The van der Waals surface area contributed by atoms with E-state index in [4.69, 9.17) is 39.8 Å². The van der Waals surface area contributed by atoms with E-state index in [-0.39, 0.29) is 18.4 Å². The number of ether oxygens (including phenoxy) is 4. The van der Waals surface area contributed by atoms with Gasteiger partial charge in [0, 0.05) is 32.6 Å². The van der Waals surface area contributed by atoms with E-state index in [1.54, 1.807) is 0 Å². The zero-order chi connectivity index (χ0) is 21.8. The van der Waals surface area contributed by atoms with Gasteiger partial charge in [-0.05, 0) is 23.2 Å². The zero-order valence-electron chi connectivity index (χ0n) is 17.1. The Morgan fingerprint density at radius 2 is 1.66 bits per heavy atom. The first-order chi connectivity index (χ1) is 13.4.